The molecule has 4 heteroatoms. The van der Waals surface area contributed by atoms with Gasteiger partial charge < -0.3 is 4.90 Å². The summed E-state index contributed by atoms with van der Waals surface area (Å²) in [7, 11) is 2.15. The molecule has 0 radical (unpaired) electrons. The molecule has 22 heavy (non-hydrogen) atoms. The van der Waals surface area contributed by atoms with E-state index in [1.807, 2.05) is 6.07 Å². The van der Waals surface area contributed by atoms with Gasteiger partial charge in [-0.3, -0.25) is 4.90 Å². The van der Waals surface area contributed by atoms with E-state index in [2.05, 4.69) is 65.4 Å². The van der Waals surface area contributed by atoms with E-state index in [0.717, 1.165) is 29.8 Å². The third-order valence-corrected chi connectivity index (χ3v) is 5.27. The highest BCUT2D eigenvalue weighted by Gasteiger charge is 2.18. The molecule has 1 aliphatic rings. The molecule has 0 N–H and O–H groups in total. The van der Waals surface area contributed by atoms with E-state index < -0.39 is 0 Å². The number of hydrogen-bond acceptors (Lipinski definition) is 3. The van der Waals surface area contributed by atoms with Crippen molar-refractivity contribution in [3.8, 4) is 11.1 Å². The van der Waals surface area contributed by atoms with Crippen LogP contribution in [0.4, 0.5) is 0 Å². The summed E-state index contributed by atoms with van der Waals surface area (Å²) >= 11 is 7.14. The maximum atomic E-state index is 5.36. The van der Waals surface area contributed by atoms with Gasteiger partial charge in [0, 0.05) is 18.8 Å². The van der Waals surface area contributed by atoms with Gasteiger partial charge in [0.1, 0.15) is 4.32 Å². The largest absolute Gasteiger partial charge is 0.344 e. The second kappa shape index (κ2) is 7.27. The first kappa shape index (κ1) is 15.5. The van der Waals surface area contributed by atoms with Crippen LogP contribution in [0.2, 0.25) is 0 Å². The minimum atomic E-state index is 0.909. The van der Waals surface area contributed by atoms with Crippen molar-refractivity contribution in [2.45, 2.75) is 6.54 Å². The first-order valence-electron chi connectivity index (χ1n) is 7.47. The van der Waals surface area contributed by atoms with Crippen molar-refractivity contribution in [3.05, 3.63) is 60.2 Å². The van der Waals surface area contributed by atoms with Crippen LogP contribution >= 0.6 is 24.0 Å². The monoisotopic (exact) mass is 328 g/mol. The Kier molecular flexibility index (Phi) is 5.13. The number of benzene rings is 2. The molecule has 0 aliphatic carbocycles. The summed E-state index contributed by atoms with van der Waals surface area (Å²) in [5.41, 5.74) is 3.87. The molecule has 0 spiro atoms. The maximum Gasteiger partial charge on any atom is 0.137 e. The van der Waals surface area contributed by atoms with Crippen molar-refractivity contribution in [3.63, 3.8) is 0 Å². The Morgan fingerprint density at radius 2 is 1.73 bits per heavy atom. The van der Waals surface area contributed by atoms with Gasteiger partial charge in [-0.15, -0.1) is 0 Å². The Hall–Kier alpha value is -1.36. The molecule has 2 aromatic rings. The van der Waals surface area contributed by atoms with Crippen molar-refractivity contribution >= 4 is 28.3 Å². The van der Waals surface area contributed by atoms with Gasteiger partial charge in [-0.25, -0.2) is 0 Å². The molecule has 114 valence electrons. The standard InChI is InChI=1S/C18H20N2S2/c1-19(14-20-11-12-22-18(20)21)13-15-7-9-17(10-8-15)16-5-3-2-4-6-16/h2-10H,11-14H2,1H3. The Morgan fingerprint density at radius 3 is 2.36 bits per heavy atom. The fourth-order valence-electron chi connectivity index (χ4n) is 2.64. The van der Waals surface area contributed by atoms with Gasteiger partial charge in [0.25, 0.3) is 0 Å². The topological polar surface area (TPSA) is 6.48 Å². The van der Waals surface area contributed by atoms with Crippen LogP contribution in [0.1, 0.15) is 5.56 Å². The van der Waals surface area contributed by atoms with Gasteiger partial charge in [-0.2, -0.15) is 0 Å². The van der Waals surface area contributed by atoms with E-state index in [9.17, 15) is 0 Å². The van der Waals surface area contributed by atoms with Crippen LogP contribution in [0, 0.1) is 0 Å². The highest BCUT2D eigenvalue weighted by Crippen LogP contribution is 2.21. The fourth-order valence-corrected chi connectivity index (χ4v) is 3.86. The molecule has 1 heterocycles. The summed E-state index contributed by atoms with van der Waals surface area (Å²) in [5.74, 6) is 1.12. The molecule has 2 aromatic carbocycles. The predicted molar refractivity (Wildman–Crippen MR) is 100.0 cm³/mol. The normalized spacial score (nSPS) is 14.8. The minimum Gasteiger partial charge on any atom is -0.344 e. The number of rotatable bonds is 5. The number of nitrogens with zero attached hydrogens (tertiary/aromatic N) is 2. The van der Waals surface area contributed by atoms with Crippen LogP contribution in [0.5, 0.6) is 0 Å². The van der Waals surface area contributed by atoms with Crippen molar-refractivity contribution in [1.82, 2.24) is 9.80 Å². The van der Waals surface area contributed by atoms with Gasteiger partial charge in [-0.1, -0.05) is 78.6 Å². The smallest absolute Gasteiger partial charge is 0.137 e. The predicted octanol–water partition coefficient (Wildman–Crippen LogP) is 4.08. The van der Waals surface area contributed by atoms with E-state index in [4.69, 9.17) is 12.2 Å². The summed E-state index contributed by atoms with van der Waals surface area (Å²) in [6.45, 7) is 2.92. The Bertz CT molecular complexity index is 625. The Labute approximate surface area is 142 Å². The zero-order chi connectivity index (χ0) is 15.4. The van der Waals surface area contributed by atoms with Gasteiger partial charge in [0.05, 0.1) is 6.67 Å². The maximum absolute atomic E-state index is 5.36. The number of thiocarbonyl (C=S) groups is 1. The quantitative estimate of drug-likeness (QED) is 0.763. The van der Waals surface area contributed by atoms with Crippen LogP contribution < -0.4 is 0 Å². The van der Waals surface area contributed by atoms with Crippen molar-refractivity contribution in [2.24, 2.45) is 0 Å². The van der Waals surface area contributed by atoms with Gasteiger partial charge >= 0.3 is 0 Å². The van der Waals surface area contributed by atoms with E-state index in [-0.39, 0.29) is 0 Å². The molecule has 0 aromatic heterocycles. The second-order valence-corrected chi connectivity index (χ2v) is 7.33. The molecule has 3 rings (SSSR count). The van der Waals surface area contributed by atoms with E-state index in [1.54, 1.807) is 11.8 Å². The zero-order valence-electron chi connectivity index (χ0n) is 12.7. The van der Waals surface area contributed by atoms with Crippen molar-refractivity contribution in [2.75, 3.05) is 26.0 Å². The molecule has 1 fully saturated rings. The molecule has 0 bridgehead atoms. The molecule has 1 saturated heterocycles. The van der Waals surface area contributed by atoms with Crippen LogP contribution in [0.25, 0.3) is 11.1 Å². The second-order valence-electron chi connectivity index (χ2n) is 5.60. The van der Waals surface area contributed by atoms with Gasteiger partial charge in [0.15, 0.2) is 0 Å². The lowest BCUT2D eigenvalue weighted by Gasteiger charge is -2.25. The van der Waals surface area contributed by atoms with E-state index >= 15 is 0 Å². The van der Waals surface area contributed by atoms with E-state index in [0.29, 0.717) is 0 Å². The summed E-state index contributed by atoms with van der Waals surface area (Å²) in [4.78, 5) is 4.59. The van der Waals surface area contributed by atoms with Gasteiger partial charge in [0.2, 0.25) is 0 Å². The average molecular weight is 329 g/mol. The van der Waals surface area contributed by atoms with E-state index in [1.165, 1.54) is 16.7 Å². The lowest BCUT2D eigenvalue weighted by atomic mass is 10.0. The van der Waals surface area contributed by atoms with Crippen LogP contribution in [-0.4, -0.2) is 40.1 Å². The summed E-state index contributed by atoms with van der Waals surface area (Å²) in [5, 5.41) is 0. The van der Waals surface area contributed by atoms with Crippen molar-refractivity contribution < 1.29 is 0 Å². The minimum absolute atomic E-state index is 0.909. The molecule has 1 aliphatic heterocycles. The first-order chi connectivity index (χ1) is 10.7. The average Bonchev–Trinajstić information content (AvgIpc) is 2.94. The van der Waals surface area contributed by atoms with Crippen LogP contribution in [-0.2, 0) is 6.54 Å². The Balaban J connectivity index is 1.60. The fraction of sp³-hybridized carbons (Fsp3) is 0.278. The van der Waals surface area contributed by atoms with Crippen LogP contribution in [0.3, 0.4) is 0 Å². The number of thioether (sulfide) groups is 1. The molecule has 0 saturated carbocycles. The SMILES string of the molecule is CN(Cc1ccc(-c2ccccc2)cc1)CN1CCSC1=S. The van der Waals surface area contributed by atoms with Crippen LogP contribution in [0.15, 0.2) is 54.6 Å². The summed E-state index contributed by atoms with van der Waals surface area (Å²) < 4.78 is 1.03. The van der Waals surface area contributed by atoms with Crippen molar-refractivity contribution in [1.29, 1.82) is 0 Å². The molecule has 0 unspecified atom stereocenters. The first-order valence-corrected chi connectivity index (χ1v) is 8.86. The highest BCUT2D eigenvalue weighted by atomic mass is 32.2. The zero-order valence-corrected chi connectivity index (χ0v) is 14.4. The molecule has 0 amide bonds. The Morgan fingerprint density at radius 1 is 1.05 bits per heavy atom. The highest BCUT2D eigenvalue weighted by molar-refractivity contribution is 8.23. The lowest BCUT2D eigenvalue weighted by Crippen LogP contribution is -2.35. The molecule has 0 atom stereocenters. The summed E-state index contributed by atoms with van der Waals surface area (Å²) in [6.07, 6.45) is 0. The summed E-state index contributed by atoms with van der Waals surface area (Å²) in [6, 6.07) is 19.3. The lowest BCUT2D eigenvalue weighted by molar-refractivity contribution is 0.229. The molecular formula is C18H20N2S2. The molecule has 2 nitrogen and oxygen atoms in total. The third kappa shape index (κ3) is 3.88. The number of hydrogen-bond donors (Lipinski definition) is 0. The third-order valence-electron chi connectivity index (χ3n) is 3.77. The van der Waals surface area contributed by atoms with Gasteiger partial charge in [-0.05, 0) is 23.7 Å². The molecular weight excluding hydrogens is 308 g/mol.